The van der Waals surface area contributed by atoms with Gasteiger partial charge >= 0.3 is 0 Å². The minimum Gasteiger partial charge on any atom is -0.377 e. The van der Waals surface area contributed by atoms with Crippen molar-refractivity contribution in [3.05, 3.63) is 12.7 Å². The van der Waals surface area contributed by atoms with Crippen molar-refractivity contribution in [2.24, 2.45) is 5.92 Å². The summed E-state index contributed by atoms with van der Waals surface area (Å²) in [6, 6.07) is 0. The van der Waals surface area contributed by atoms with Crippen molar-refractivity contribution in [3.63, 3.8) is 0 Å². The van der Waals surface area contributed by atoms with Gasteiger partial charge in [-0.2, -0.15) is 0 Å². The Bertz CT molecular complexity index is 71.3. The molecule has 0 aromatic heterocycles. The Morgan fingerprint density at radius 2 is 2.44 bits per heavy atom. The highest BCUT2D eigenvalue weighted by Crippen LogP contribution is 1.92. The summed E-state index contributed by atoms with van der Waals surface area (Å²) in [7, 11) is 0. The second-order valence-electron chi connectivity index (χ2n) is 2.10. The lowest BCUT2D eigenvalue weighted by Crippen LogP contribution is -2.08. The predicted molar refractivity (Wildman–Crippen MR) is 35.7 cm³/mol. The first-order valence-corrected chi connectivity index (χ1v) is 3.08. The smallest absolute Gasteiger partial charge is 0.0869 e. The molecule has 0 aliphatic carbocycles. The molecule has 0 aliphatic heterocycles. The van der Waals surface area contributed by atoms with E-state index in [1.165, 1.54) is 0 Å². The molecule has 1 radical (unpaired) electrons. The summed E-state index contributed by atoms with van der Waals surface area (Å²) in [5, 5.41) is 10.1. The zero-order chi connectivity index (χ0) is 7.11. The minimum atomic E-state index is -0.0584. The Labute approximate surface area is 56.1 Å². The molecule has 1 unspecified atom stereocenters. The van der Waals surface area contributed by atoms with Crippen LogP contribution in [-0.2, 0) is 9.84 Å². The molecular weight excluding hydrogens is 116 g/mol. The largest absolute Gasteiger partial charge is 0.377 e. The summed E-state index contributed by atoms with van der Waals surface area (Å²) in [5.41, 5.74) is 0. The maximum absolute atomic E-state index is 10.1. The quantitative estimate of drug-likeness (QED) is 0.406. The summed E-state index contributed by atoms with van der Waals surface area (Å²) in [6.45, 7) is 6.39. The molecule has 1 atom stereocenters. The Morgan fingerprint density at radius 3 is 2.89 bits per heavy atom. The molecule has 0 saturated heterocycles. The Hall–Kier alpha value is -0.340. The Morgan fingerprint density at radius 1 is 1.78 bits per heavy atom. The molecule has 9 heavy (non-hydrogen) atoms. The van der Waals surface area contributed by atoms with Crippen molar-refractivity contribution in [1.29, 1.82) is 0 Å². The van der Waals surface area contributed by atoms with Crippen LogP contribution < -0.4 is 0 Å². The van der Waals surface area contributed by atoms with E-state index in [4.69, 9.17) is 4.74 Å². The lowest BCUT2D eigenvalue weighted by atomic mass is 10.2. The lowest BCUT2D eigenvalue weighted by molar-refractivity contribution is 0.0720. The monoisotopic (exact) mass is 129 g/mol. The van der Waals surface area contributed by atoms with Crippen molar-refractivity contribution >= 4 is 0 Å². The third-order valence-electron chi connectivity index (χ3n) is 0.923. The molecule has 2 heteroatoms. The van der Waals surface area contributed by atoms with E-state index in [1.54, 1.807) is 6.08 Å². The van der Waals surface area contributed by atoms with Crippen molar-refractivity contribution in [2.75, 3.05) is 19.8 Å². The first-order chi connectivity index (χ1) is 4.31. The van der Waals surface area contributed by atoms with E-state index in [0.717, 1.165) is 0 Å². The van der Waals surface area contributed by atoms with Gasteiger partial charge in [-0.05, 0) is 0 Å². The number of hydrogen-bond donors (Lipinski definition) is 0. The average molecular weight is 129 g/mol. The molecule has 0 spiro atoms. The van der Waals surface area contributed by atoms with Gasteiger partial charge in [-0.25, -0.2) is 5.11 Å². The van der Waals surface area contributed by atoms with Crippen LogP contribution in [0.4, 0.5) is 0 Å². The van der Waals surface area contributed by atoms with Gasteiger partial charge in [-0.1, -0.05) is 13.0 Å². The summed E-state index contributed by atoms with van der Waals surface area (Å²) >= 11 is 0. The van der Waals surface area contributed by atoms with Crippen LogP contribution in [0, 0.1) is 5.92 Å². The van der Waals surface area contributed by atoms with E-state index in [2.05, 4.69) is 6.58 Å². The molecular formula is C7H13O2. The zero-order valence-corrected chi connectivity index (χ0v) is 5.80. The van der Waals surface area contributed by atoms with Crippen LogP contribution in [0.3, 0.4) is 0 Å². The summed E-state index contributed by atoms with van der Waals surface area (Å²) in [4.78, 5) is 0. The molecule has 0 heterocycles. The van der Waals surface area contributed by atoms with Gasteiger partial charge in [0, 0.05) is 5.92 Å². The third-order valence-corrected chi connectivity index (χ3v) is 0.923. The first kappa shape index (κ1) is 8.66. The van der Waals surface area contributed by atoms with E-state index >= 15 is 0 Å². The van der Waals surface area contributed by atoms with Gasteiger partial charge in [-0.3, -0.25) is 0 Å². The summed E-state index contributed by atoms with van der Waals surface area (Å²) in [5.74, 6) is 0.130. The number of ether oxygens (including phenoxy) is 1. The summed E-state index contributed by atoms with van der Waals surface area (Å²) in [6.07, 6.45) is 1.68. The number of rotatable bonds is 5. The van der Waals surface area contributed by atoms with E-state index in [0.29, 0.717) is 13.2 Å². The fraction of sp³-hybridized carbons (Fsp3) is 0.714. The van der Waals surface area contributed by atoms with Gasteiger partial charge in [0.25, 0.3) is 0 Å². The zero-order valence-electron chi connectivity index (χ0n) is 5.80. The Kier molecular flexibility index (Phi) is 5.57. The van der Waals surface area contributed by atoms with Gasteiger partial charge in [0.2, 0.25) is 0 Å². The normalized spacial score (nSPS) is 13.1. The SMILES string of the molecule is C=CCOCC(C)C[O]. The number of hydrogen-bond acceptors (Lipinski definition) is 1. The van der Waals surface area contributed by atoms with Crippen molar-refractivity contribution in [3.8, 4) is 0 Å². The summed E-state index contributed by atoms with van der Waals surface area (Å²) < 4.78 is 5.02. The van der Waals surface area contributed by atoms with Gasteiger partial charge in [0.1, 0.15) is 0 Å². The minimum absolute atomic E-state index is 0.0584. The van der Waals surface area contributed by atoms with Crippen LogP contribution in [0.15, 0.2) is 12.7 Å². The van der Waals surface area contributed by atoms with Gasteiger partial charge in [0.15, 0.2) is 0 Å². The fourth-order valence-electron chi connectivity index (χ4n) is 0.401. The van der Waals surface area contributed by atoms with Crippen LogP contribution in [0.25, 0.3) is 0 Å². The van der Waals surface area contributed by atoms with Gasteiger partial charge < -0.3 is 4.74 Å². The Balaban J connectivity index is 2.96. The van der Waals surface area contributed by atoms with Crippen LogP contribution in [-0.4, -0.2) is 19.8 Å². The molecule has 0 N–H and O–H groups in total. The van der Waals surface area contributed by atoms with Crippen LogP contribution in [0.5, 0.6) is 0 Å². The predicted octanol–water partition coefficient (Wildman–Crippen LogP) is 1.26. The molecule has 0 saturated carbocycles. The molecule has 0 rings (SSSR count). The molecule has 2 nitrogen and oxygen atoms in total. The maximum Gasteiger partial charge on any atom is 0.0869 e. The lowest BCUT2D eigenvalue weighted by Gasteiger charge is -2.04. The molecule has 53 valence electrons. The highest BCUT2D eigenvalue weighted by molar-refractivity contribution is 4.64. The molecule has 0 amide bonds. The molecule has 0 aliphatic rings. The van der Waals surface area contributed by atoms with Crippen LogP contribution >= 0.6 is 0 Å². The van der Waals surface area contributed by atoms with E-state index < -0.39 is 0 Å². The highest BCUT2D eigenvalue weighted by atomic mass is 16.5. The van der Waals surface area contributed by atoms with Crippen molar-refractivity contribution in [1.82, 2.24) is 0 Å². The van der Waals surface area contributed by atoms with Crippen molar-refractivity contribution < 1.29 is 9.84 Å². The molecule has 0 aromatic carbocycles. The van der Waals surface area contributed by atoms with Crippen molar-refractivity contribution in [2.45, 2.75) is 6.92 Å². The topological polar surface area (TPSA) is 29.1 Å². The second kappa shape index (κ2) is 5.79. The van der Waals surface area contributed by atoms with Gasteiger partial charge in [-0.15, -0.1) is 6.58 Å². The van der Waals surface area contributed by atoms with E-state index in [9.17, 15) is 5.11 Å². The third kappa shape index (κ3) is 5.53. The standard InChI is InChI=1S/C7H13O2/c1-3-4-9-6-7(2)5-8/h3,7H,1,4-6H2,2H3. The highest BCUT2D eigenvalue weighted by Gasteiger charge is 1.97. The average Bonchev–Trinajstić information content (AvgIpc) is 1.89. The molecule has 0 aromatic rings. The van der Waals surface area contributed by atoms with Gasteiger partial charge in [0.05, 0.1) is 19.8 Å². The first-order valence-electron chi connectivity index (χ1n) is 3.08. The van der Waals surface area contributed by atoms with E-state index in [1.807, 2.05) is 6.92 Å². The van der Waals surface area contributed by atoms with Crippen LogP contribution in [0.1, 0.15) is 6.92 Å². The van der Waals surface area contributed by atoms with E-state index in [-0.39, 0.29) is 12.5 Å². The fourth-order valence-corrected chi connectivity index (χ4v) is 0.401. The molecule has 0 fully saturated rings. The second-order valence-corrected chi connectivity index (χ2v) is 2.10. The van der Waals surface area contributed by atoms with Crippen LogP contribution in [0.2, 0.25) is 0 Å². The maximum atomic E-state index is 10.1. The molecule has 0 bridgehead atoms.